The number of benzene rings is 2. The van der Waals surface area contributed by atoms with Gasteiger partial charge in [0.2, 0.25) is 0 Å². The number of halogens is 3. The molecule has 0 radical (unpaired) electrons. The van der Waals surface area contributed by atoms with Crippen molar-refractivity contribution in [3.63, 3.8) is 0 Å². The van der Waals surface area contributed by atoms with Crippen LogP contribution in [0.15, 0.2) is 36.4 Å². The van der Waals surface area contributed by atoms with E-state index < -0.39 is 0 Å². The predicted molar refractivity (Wildman–Crippen MR) is 112 cm³/mol. The molecule has 1 amide bonds. The number of hydrogen-bond donors (Lipinski definition) is 1. The lowest BCUT2D eigenvalue weighted by molar-refractivity contribution is 0.0748. The Bertz CT molecular complexity index is 787. The number of rotatable bonds is 7. The Balaban J connectivity index is 0.00000364. The summed E-state index contributed by atoms with van der Waals surface area (Å²) in [5, 5.41) is 1.09. The van der Waals surface area contributed by atoms with Crippen LogP contribution in [0.5, 0.6) is 11.5 Å². The summed E-state index contributed by atoms with van der Waals surface area (Å²) in [6.45, 7) is 2.54. The van der Waals surface area contributed by atoms with Crippen LogP contribution in [0.2, 0.25) is 10.0 Å². The van der Waals surface area contributed by atoms with E-state index in [4.69, 9.17) is 38.4 Å². The number of hydrogen-bond acceptors (Lipinski definition) is 4. The summed E-state index contributed by atoms with van der Waals surface area (Å²) in [4.78, 5) is 14.1. The molecule has 1 unspecified atom stereocenters. The van der Waals surface area contributed by atoms with Crippen molar-refractivity contribution in [2.24, 2.45) is 5.73 Å². The molecule has 2 N–H and O–H groups in total. The Morgan fingerprint density at radius 2 is 1.89 bits per heavy atom. The Hall–Kier alpha value is -1.66. The van der Waals surface area contributed by atoms with Gasteiger partial charge in [-0.25, -0.2) is 0 Å². The van der Waals surface area contributed by atoms with E-state index >= 15 is 0 Å². The zero-order chi connectivity index (χ0) is 19.3. The van der Waals surface area contributed by atoms with E-state index in [-0.39, 0.29) is 31.0 Å². The quantitative estimate of drug-likeness (QED) is 0.702. The summed E-state index contributed by atoms with van der Waals surface area (Å²) in [7, 11) is 3.25. The molecule has 0 aliphatic carbocycles. The molecule has 0 aliphatic heterocycles. The van der Waals surface area contributed by atoms with Gasteiger partial charge in [0.25, 0.3) is 5.91 Å². The third-order valence-electron chi connectivity index (χ3n) is 4.13. The van der Waals surface area contributed by atoms with Crippen LogP contribution in [0.4, 0.5) is 0 Å². The third kappa shape index (κ3) is 5.91. The zero-order valence-corrected chi connectivity index (χ0v) is 17.7. The molecule has 2 aromatic rings. The van der Waals surface area contributed by atoms with Gasteiger partial charge in [0, 0.05) is 40.8 Å². The fourth-order valence-electron chi connectivity index (χ4n) is 2.28. The highest BCUT2D eigenvalue weighted by molar-refractivity contribution is 6.35. The largest absolute Gasteiger partial charge is 0.493 e. The molecule has 2 aromatic carbocycles. The molecule has 0 spiro atoms. The molecule has 2 rings (SSSR count). The molecule has 0 aromatic heterocycles. The summed E-state index contributed by atoms with van der Waals surface area (Å²) < 4.78 is 11.2. The molecule has 8 heteroatoms. The highest BCUT2D eigenvalue weighted by Crippen LogP contribution is 2.30. The lowest BCUT2D eigenvalue weighted by Gasteiger charge is -2.24. The molecule has 0 heterocycles. The summed E-state index contributed by atoms with van der Waals surface area (Å²) in [5.41, 5.74) is 6.93. The number of nitrogens with two attached hydrogens (primary N) is 1. The number of nitrogens with zero attached hydrogens (tertiary/aromatic N) is 1. The minimum Gasteiger partial charge on any atom is -0.493 e. The van der Waals surface area contributed by atoms with E-state index in [1.807, 2.05) is 6.92 Å². The number of ether oxygens (including phenoxy) is 2. The van der Waals surface area contributed by atoms with Crippen molar-refractivity contribution < 1.29 is 14.3 Å². The van der Waals surface area contributed by atoms with E-state index in [1.54, 1.807) is 48.3 Å². The number of carbonyl (C=O) groups is 1. The fourth-order valence-corrected chi connectivity index (χ4v) is 2.74. The molecular weight excluding hydrogens is 411 g/mol. The van der Waals surface area contributed by atoms with Crippen LogP contribution in [0, 0.1) is 0 Å². The van der Waals surface area contributed by atoms with E-state index in [2.05, 4.69) is 0 Å². The zero-order valence-electron chi connectivity index (χ0n) is 15.4. The second kappa shape index (κ2) is 10.6. The monoisotopic (exact) mass is 432 g/mol. The first-order valence-electron chi connectivity index (χ1n) is 8.09. The van der Waals surface area contributed by atoms with Crippen LogP contribution in [0.1, 0.15) is 22.8 Å². The number of likely N-dealkylation sites (N-methyl/N-ethyl adjacent to an activating group) is 1. The highest BCUT2D eigenvalue weighted by Gasteiger charge is 2.18. The minimum atomic E-state index is -0.131. The second-order valence-corrected chi connectivity index (χ2v) is 6.73. The summed E-state index contributed by atoms with van der Waals surface area (Å²) in [6.07, 6.45) is 0. The average Bonchev–Trinajstić information content (AvgIpc) is 2.65. The molecular formula is C19H23Cl3N2O3. The Kier molecular flexibility index (Phi) is 9.19. The van der Waals surface area contributed by atoms with Crippen LogP contribution < -0.4 is 15.2 Å². The topological polar surface area (TPSA) is 64.8 Å². The van der Waals surface area contributed by atoms with E-state index in [9.17, 15) is 4.79 Å². The molecule has 0 saturated heterocycles. The van der Waals surface area contributed by atoms with Gasteiger partial charge in [-0.2, -0.15) is 0 Å². The first-order chi connectivity index (χ1) is 12.4. The number of methoxy groups -OCH3 is 1. The summed E-state index contributed by atoms with van der Waals surface area (Å²) in [5.74, 6) is 0.855. The summed E-state index contributed by atoms with van der Waals surface area (Å²) >= 11 is 12.1. The van der Waals surface area contributed by atoms with Gasteiger partial charge in [-0.3, -0.25) is 4.79 Å². The molecule has 27 heavy (non-hydrogen) atoms. The minimum absolute atomic E-state index is 0. The molecule has 0 bridgehead atoms. The molecule has 0 saturated carbocycles. The van der Waals surface area contributed by atoms with Crippen LogP contribution in [0.3, 0.4) is 0 Å². The van der Waals surface area contributed by atoms with Gasteiger partial charge in [0.05, 0.1) is 7.11 Å². The van der Waals surface area contributed by atoms with Gasteiger partial charge >= 0.3 is 0 Å². The first-order valence-corrected chi connectivity index (χ1v) is 8.85. The van der Waals surface area contributed by atoms with Gasteiger partial charge in [-0.05, 0) is 37.3 Å². The lowest BCUT2D eigenvalue weighted by Crippen LogP contribution is -2.39. The molecule has 1 atom stereocenters. The number of carbonyl (C=O) groups excluding carboxylic acids is 1. The third-order valence-corrected chi connectivity index (χ3v) is 4.72. The van der Waals surface area contributed by atoms with Crippen molar-refractivity contribution in [3.8, 4) is 11.5 Å². The maximum atomic E-state index is 12.5. The van der Waals surface area contributed by atoms with Crippen LogP contribution in [-0.4, -0.2) is 37.6 Å². The fraction of sp³-hybridized carbons (Fsp3) is 0.316. The molecule has 5 nitrogen and oxygen atoms in total. The van der Waals surface area contributed by atoms with Gasteiger partial charge in [-0.1, -0.05) is 29.3 Å². The van der Waals surface area contributed by atoms with E-state index in [0.29, 0.717) is 33.7 Å². The first kappa shape index (κ1) is 23.4. The standard InChI is InChI=1S/C19H22Cl2N2O3.ClH/c1-12(10-22)23(2)19(24)13-5-7-17(18(8-13)25-3)26-11-14-4-6-15(20)9-16(14)21;/h4-9,12H,10-11,22H2,1-3H3;1H. The van der Waals surface area contributed by atoms with Crippen molar-refractivity contribution in [1.82, 2.24) is 4.90 Å². The Morgan fingerprint density at radius 1 is 1.19 bits per heavy atom. The SMILES string of the molecule is COc1cc(C(=O)N(C)C(C)CN)ccc1OCc1ccc(Cl)cc1Cl.Cl. The number of amides is 1. The van der Waals surface area contributed by atoms with Gasteiger partial charge in [0.15, 0.2) is 11.5 Å². The van der Waals surface area contributed by atoms with Crippen LogP contribution in [0.25, 0.3) is 0 Å². The maximum absolute atomic E-state index is 12.5. The predicted octanol–water partition coefficient (Wildman–Crippen LogP) is 4.42. The van der Waals surface area contributed by atoms with Gasteiger partial charge < -0.3 is 20.1 Å². The second-order valence-electron chi connectivity index (χ2n) is 5.89. The van der Waals surface area contributed by atoms with Crippen molar-refractivity contribution in [3.05, 3.63) is 57.6 Å². The van der Waals surface area contributed by atoms with Crippen molar-refractivity contribution in [2.75, 3.05) is 20.7 Å². The smallest absolute Gasteiger partial charge is 0.254 e. The Labute approximate surface area is 175 Å². The van der Waals surface area contributed by atoms with Crippen molar-refractivity contribution in [2.45, 2.75) is 19.6 Å². The van der Waals surface area contributed by atoms with Gasteiger partial charge in [-0.15, -0.1) is 12.4 Å². The average molecular weight is 434 g/mol. The van der Waals surface area contributed by atoms with E-state index in [1.165, 1.54) is 7.11 Å². The van der Waals surface area contributed by atoms with Crippen LogP contribution >= 0.6 is 35.6 Å². The van der Waals surface area contributed by atoms with Crippen molar-refractivity contribution in [1.29, 1.82) is 0 Å². The van der Waals surface area contributed by atoms with E-state index in [0.717, 1.165) is 5.56 Å². The lowest BCUT2D eigenvalue weighted by atomic mass is 10.1. The maximum Gasteiger partial charge on any atom is 0.254 e. The van der Waals surface area contributed by atoms with Crippen LogP contribution in [-0.2, 0) is 6.61 Å². The summed E-state index contributed by atoms with van der Waals surface area (Å²) in [6, 6.07) is 10.2. The Morgan fingerprint density at radius 3 is 2.48 bits per heavy atom. The van der Waals surface area contributed by atoms with Gasteiger partial charge in [0.1, 0.15) is 6.61 Å². The molecule has 0 aliphatic rings. The highest BCUT2D eigenvalue weighted by atomic mass is 35.5. The molecule has 0 fully saturated rings. The normalized spacial score (nSPS) is 11.3. The molecule has 148 valence electrons. The van der Waals surface area contributed by atoms with Crippen molar-refractivity contribution >= 4 is 41.5 Å².